The molecule has 0 aromatic heterocycles. The molecule has 20 heavy (non-hydrogen) atoms. The zero-order valence-corrected chi connectivity index (χ0v) is 11.2. The highest BCUT2D eigenvalue weighted by molar-refractivity contribution is 6.30. The number of hydrogen-bond donors (Lipinski definition) is 3. The number of carboxylic acid groups (broad SMARTS) is 1. The molecule has 6 heteroatoms. The average Bonchev–Trinajstić information content (AvgIpc) is 2.39. The van der Waals surface area contributed by atoms with Gasteiger partial charge < -0.3 is 20.9 Å². The van der Waals surface area contributed by atoms with E-state index in [0.29, 0.717) is 27.8 Å². The lowest BCUT2D eigenvalue weighted by Gasteiger charge is -2.10. The Labute approximate surface area is 120 Å². The standard InChI is InChI=1S/C14H13ClN2O3/c15-10-2-1-3-11(7-10)20-12-4-5-13(16)9(6-12)8-17-14(18)19/h1-7,17H,8,16H2,(H,18,19). The summed E-state index contributed by atoms with van der Waals surface area (Å²) in [4.78, 5) is 10.5. The molecule has 0 spiro atoms. The smallest absolute Gasteiger partial charge is 0.404 e. The highest BCUT2D eigenvalue weighted by atomic mass is 35.5. The van der Waals surface area contributed by atoms with Crippen molar-refractivity contribution in [2.75, 3.05) is 5.73 Å². The molecule has 0 heterocycles. The molecule has 0 bridgehead atoms. The Bertz CT molecular complexity index is 632. The molecule has 0 aliphatic rings. The Morgan fingerprint density at radius 3 is 2.70 bits per heavy atom. The number of hydrogen-bond acceptors (Lipinski definition) is 3. The molecule has 0 fully saturated rings. The molecule has 0 radical (unpaired) electrons. The Morgan fingerprint density at radius 1 is 1.25 bits per heavy atom. The number of nitrogens with two attached hydrogens (primary N) is 1. The highest BCUT2D eigenvalue weighted by Gasteiger charge is 2.05. The van der Waals surface area contributed by atoms with Crippen LogP contribution in [0.5, 0.6) is 11.5 Å². The van der Waals surface area contributed by atoms with Crippen molar-refractivity contribution in [1.82, 2.24) is 5.32 Å². The summed E-state index contributed by atoms with van der Waals surface area (Å²) >= 11 is 5.88. The number of ether oxygens (including phenoxy) is 1. The van der Waals surface area contributed by atoms with Gasteiger partial charge in [0.2, 0.25) is 0 Å². The lowest BCUT2D eigenvalue weighted by Crippen LogP contribution is -2.20. The van der Waals surface area contributed by atoms with Crippen molar-refractivity contribution in [3.63, 3.8) is 0 Å². The quantitative estimate of drug-likeness (QED) is 0.753. The fraction of sp³-hybridized carbons (Fsp3) is 0.0714. The second-order valence-electron chi connectivity index (χ2n) is 4.08. The summed E-state index contributed by atoms with van der Waals surface area (Å²) in [7, 11) is 0. The minimum Gasteiger partial charge on any atom is -0.465 e. The van der Waals surface area contributed by atoms with E-state index in [1.807, 2.05) is 0 Å². The Kier molecular flexibility index (Phi) is 4.32. The average molecular weight is 293 g/mol. The molecule has 4 N–H and O–H groups in total. The summed E-state index contributed by atoms with van der Waals surface area (Å²) in [5.74, 6) is 1.16. The van der Waals surface area contributed by atoms with Crippen LogP contribution in [0.15, 0.2) is 42.5 Å². The van der Waals surface area contributed by atoms with Crippen LogP contribution < -0.4 is 15.8 Å². The second kappa shape index (κ2) is 6.16. The third-order valence-electron chi connectivity index (χ3n) is 2.58. The summed E-state index contributed by atoms with van der Waals surface area (Å²) in [6, 6.07) is 12.1. The van der Waals surface area contributed by atoms with Gasteiger partial charge in [-0.3, -0.25) is 0 Å². The second-order valence-corrected chi connectivity index (χ2v) is 4.52. The van der Waals surface area contributed by atoms with E-state index < -0.39 is 6.09 Å². The molecule has 0 saturated carbocycles. The maximum atomic E-state index is 10.5. The topological polar surface area (TPSA) is 84.6 Å². The van der Waals surface area contributed by atoms with Gasteiger partial charge in [-0.2, -0.15) is 0 Å². The molecule has 0 atom stereocenters. The van der Waals surface area contributed by atoms with Crippen LogP contribution in [-0.2, 0) is 6.54 Å². The SMILES string of the molecule is Nc1ccc(Oc2cccc(Cl)c2)cc1CNC(=O)O. The van der Waals surface area contributed by atoms with Crippen molar-refractivity contribution in [1.29, 1.82) is 0 Å². The normalized spacial score (nSPS) is 10.1. The first-order chi connectivity index (χ1) is 9.54. The largest absolute Gasteiger partial charge is 0.465 e. The molecule has 0 aliphatic heterocycles. The van der Waals surface area contributed by atoms with Crippen molar-refractivity contribution in [2.45, 2.75) is 6.54 Å². The van der Waals surface area contributed by atoms with Gasteiger partial charge in [-0.05, 0) is 42.0 Å². The Morgan fingerprint density at radius 2 is 2.00 bits per heavy atom. The summed E-state index contributed by atoms with van der Waals surface area (Å²) in [5, 5.41) is 11.4. The van der Waals surface area contributed by atoms with Gasteiger partial charge in [0.25, 0.3) is 0 Å². The Hall–Kier alpha value is -2.40. The van der Waals surface area contributed by atoms with E-state index >= 15 is 0 Å². The van der Waals surface area contributed by atoms with Crippen molar-refractivity contribution in [3.05, 3.63) is 53.1 Å². The minimum absolute atomic E-state index is 0.119. The fourth-order valence-electron chi connectivity index (χ4n) is 1.64. The van der Waals surface area contributed by atoms with Crippen molar-refractivity contribution in [3.8, 4) is 11.5 Å². The number of nitrogen functional groups attached to an aromatic ring is 1. The lowest BCUT2D eigenvalue weighted by atomic mass is 10.1. The summed E-state index contributed by atoms with van der Waals surface area (Å²) in [6.07, 6.45) is -1.11. The summed E-state index contributed by atoms with van der Waals surface area (Å²) in [5.41, 5.74) is 6.93. The maximum Gasteiger partial charge on any atom is 0.404 e. The maximum absolute atomic E-state index is 10.5. The fourth-order valence-corrected chi connectivity index (χ4v) is 1.82. The van der Waals surface area contributed by atoms with E-state index in [-0.39, 0.29) is 6.54 Å². The molecular formula is C14H13ClN2O3. The molecule has 2 aromatic rings. The molecule has 0 aliphatic carbocycles. The van der Waals surface area contributed by atoms with E-state index in [2.05, 4.69) is 5.32 Å². The zero-order valence-electron chi connectivity index (χ0n) is 10.5. The van der Waals surface area contributed by atoms with Gasteiger partial charge in [0, 0.05) is 17.3 Å². The van der Waals surface area contributed by atoms with Gasteiger partial charge >= 0.3 is 6.09 Å². The predicted molar refractivity (Wildman–Crippen MR) is 77.2 cm³/mol. The molecule has 2 aromatic carbocycles. The minimum atomic E-state index is -1.11. The van der Waals surface area contributed by atoms with Crippen LogP contribution in [0, 0.1) is 0 Å². The van der Waals surface area contributed by atoms with Crippen molar-refractivity contribution >= 4 is 23.4 Å². The van der Waals surface area contributed by atoms with Crippen LogP contribution in [-0.4, -0.2) is 11.2 Å². The monoisotopic (exact) mass is 292 g/mol. The van der Waals surface area contributed by atoms with Gasteiger partial charge in [0.15, 0.2) is 0 Å². The van der Waals surface area contributed by atoms with Gasteiger partial charge in [0.05, 0.1) is 0 Å². The molecule has 0 saturated heterocycles. The Balaban J connectivity index is 2.16. The first-order valence-electron chi connectivity index (χ1n) is 5.83. The lowest BCUT2D eigenvalue weighted by molar-refractivity contribution is 0.194. The van der Waals surface area contributed by atoms with Crippen LogP contribution in [0.25, 0.3) is 0 Å². The van der Waals surface area contributed by atoms with Gasteiger partial charge in [-0.25, -0.2) is 4.79 Å². The van der Waals surface area contributed by atoms with Gasteiger partial charge in [-0.15, -0.1) is 0 Å². The van der Waals surface area contributed by atoms with Crippen molar-refractivity contribution in [2.24, 2.45) is 0 Å². The van der Waals surface area contributed by atoms with Crippen LogP contribution >= 0.6 is 11.6 Å². The molecule has 0 unspecified atom stereocenters. The van der Waals surface area contributed by atoms with Gasteiger partial charge in [-0.1, -0.05) is 17.7 Å². The van der Waals surface area contributed by atoms with Crippen LogP contribution in [0.1, 0.15) is 5.56 Å². The third kappa shape index (κ3) is 3.80. The van der Waals surface area contributed by atoms with E-state index in [4.69, 9.17) is 27.2 Å². The number of rotatable bonds is 4. The number of halogens is 1. The molecule has 1 amide bonds. The van der Waals surface area contributed by atoms with E-state index in [9.17, 15) is 4.79 Å². The van der Waals surface area contributed by atoms with E-state index in [1.54, 1.807) is 42.5 Å². The highest BCUT2D eigenvalue weighted by Crippen LogP contribution is 2.26. The predicted octanol–water partition coefficient (Wildman–Crippen LogP) is 3.48. The number of benzene rings is 2. The molecule has 104 valence electrons. The van der Waals surface area contributed by atoms with E-state index in [0.717, 1.165) is 0 Å². The van der Waals surface area contributed by atoms with Crippen molar-refractivity contribution < 1.29 is 14.6 Å². The third-order valence-corrected chi connectivity index (χ3v) is 2.81. The zero-order chi connectivity index (χ0) is 14.5. The van der Waals surface area contributed by atoms with Crippen LogP contribution in [0.4, 0.5) is 10.5 Å². The number of nitrogens with one attached hydrogen (secondary N) is 1. The first kappa shape index (κ1) is 14.0. The molecular weight excluding hydrogens is 280 g/mol. The van der Waals surface area contributed by atoms with Crippen LogP contribution in [0.2, 0.25) is 5.02 Å². The molecule has 5 nitrogen and oxygen atoms in total. The summed E-state index contributed by atoms with van der Waals surface area (Å²) in [6.45, 7) is 0.119. The van der Waals surface area contributed by atoms with Gasteiger partial charge in [0.1, 0.15) is 11.5 Å². The number of anilines is 1. The number of carbonyl (C=O) groups is 1. The van der Waals surface area contributed by atoms with E-state index in [1.165, 1.54) is 0 Å². The van der Waals surface area contributed by atoms with Crippen LogP contribution in [0.3, 0.4) is 0 Å². The molecule has 2 rings (SSSR count). The first-order valence-corrected chi connectivity index (χ1v) is 6.21. The summed E-state index contributed by atoms with van der Waals surface area (Å²) < 4.78 is 5.65. The number of amides is 1.